The van der Waals surface area contributed by atoms with Gasteiger partial charge in [0.1, 0.15) is 12.0 Å². The molecule has 1 aromatic heterocycles. The Balaban J connectivity index is 0.00000176. The molecule has 22 heavy (non-hydrogen) atoms. The number of ether oxygens (including phenoxy) is 1. The minimum absolute atomic E-state index is 0. The van der Waals surface area contributed by atoms with Gasteiger partial charge in [0, 0.05) is 24.0 Å². The van der Waals surface area contributed by atoms with Crippen LogP contribution in [-0.4, -0.2) is 13.7 Å². The van der Waals surface area contributed by atoms with E-state index in [1.165, 1.54) is 25.0 Å². The number of anilines is 2. The molecule has 3 rings (SSSR count). The third kappa shape index (κ3) is 3.04. The summed E-state index contributed by atoms with van der Waals surface area (Å²) in [6, 6.07) is 7.43. The van der Waals surface area contributed by atoms with E-state index in [-0.39, 0.29) is 23.6 Å². The lowest BCUT2D eigenvalue weighted by Gasteiger charge is -2.31. The van der Waals surface area contributed by atoms with Gasteiger partial charge >= 0.3 is 0 Å². The maximum atomic E-state index is 11.8. The van der Waals surface area contributed by atoms with Crippen LogP contribution in [-0.2, 0) is 13.0 Å². The largest absolute Gasteiger partial charge is 0.490 e. The second kappa shape index (κ2) is 6.75. The Morgan fingerprint density at radius 2 is 2.23 bits per heavy atom. The highest BCUT2D eigenvalue weighted by atomic mass is 35.5. The molecule has 1 aromatic carbocycles. The molecule has 0 radical (unpaired) electrons. The number of nitrogens with zero attached hydrogens (tertiary/aromatic N) is 1. The summed E-state index contributed by atoms with van der Waals surface area (Å²) < 4.78 is 10.4. The maximum Gasteiger partial charge on any atom is 0.227 e. The number of halogens is 1. The zero-order valence-electron chi connectivity index (χ0n) is 12.4. The summed E-state index contributed by atoms with van der Waals surface area (Å²) in [5.41, 5.74) is 9.01. The maximum absolute atomic E-state index is 11.8. The van der Waals surface area contributed by atoms with Crippen LogP contribution >= 0.6 is 12.4 Å². The number of fused-ring (bicyclic) bond motifs is 1. The van der Waals surface area contributed by atoms with E-state index in [2.05, 4.69) is 11.0 Å². The van der Waals surface area contributed by atoms with Gasteiger partial charge in [0.15, 0.2) is 0 Å². The number of rotatable bonds is 3. The highest BCUT2D eigenvalue weighted by Crippen LogP contribution is 2.32. The minimum atomic E-state index is -0.163. The standard InChI is InChI=1S/C16H18N2O3.ClH/c1-20-16-10-21-11(8-15(16)19)9-18-7-3-4-12-13(17)5-2-6-14(12)18;/h2,5-6,8,10H,3-4,7,9,17H2,1H3;1H. The van der Waals surface area contributed by atoms with Crippen LogP contribution < -0.4 is 20.8 Å². The molecule has 0 unspecified atom stereocenters. The zero-order valence-corrected chi connectivity index (χ0v) is 13.2. The number of nitrogens with two attached hydrogens (primary N) is 1. The Labute approximate surface area is 135 Å². The van der Waals surface area contributed by atoms with E-state index in [1.54, 1.807) is 0 Å². The fourth-order valence-electron chi connectivity index (χ4n) is 2.75. The molecule has 0 saturated heterocycles. The Morgan fingerprint density at radius 1 is 1.41 bits per heavy atom. The van der Waals surface area contributed by atoms with E-state index in [0.717, 1.165) is 30.8 Å². The number of nitrogen functional groups attached to an aromatic ring is 1. The summed E-state index contributed by atoms with van der Waals surface area (Å²) in [6.45, 7) is 1.47. The van der Waals surface area contributed by atoms with Crippen LogP contribution in [0.5, 0.6) is 5.75 Å². The predicted molar refractivity (Wildman–Crippen MR) is 89.0 cm³/mol. The Kier molecular flexibility index (Phi) is 4.98. The molecule has 0 bridgehead atoms. The van der Waals surface area contributed by atoms with E-state index in [1.807, 2.05) is 12.1 Å². The SMILES string of the molecule is COc1coc(CN2CCCc3c(N)cccc32)cc1=O.Cl. The monoisotopic (exact) mass is 322 g/mol. The summed E-state index contributed by atoms with van der Waals surface area (Å²) in [5, 5.41) is 0. The molecule has 2 N–H and O–H groups in total. The molecule has 0 amide bonds. The van der Waals surface area contributed by atoms with Gasteiger partial charge in [0.05, 0.1) is 13.7 Å². The molecule has 5 nitrogen and oxygen atoms in total. The van der Waals surface area contributed by atoms with Crippen molar-refractivity contribution in [3.8, 4) is 5.75 Å². The summed E-state index contributed by atoms with van der Waals surface area (Å²) in [6.07, 6.45) is 3.40. The average molecular weight is 323 g/mol. The number of benzene rings is 1. The third-order valence-corrected chi connectivity index (χ3v) is 3.80. The summed E-state index contributed by atoms with van der Waals surface area (Å²) in [7, 11) is 1.45. The van der Waals surface area contributed by atoms with Gasteiger partial charge in [-0.15, -0.1) is 12.4 Å². The van der Waals surface area contributed by atoms with Crippen LogP contribution in [0.1, 0.15) is 17.7 Å². The van der Waals surface area contributed by atoms with E-state index in [9.17, 15) is 4.79 Å². The van der Waals surface area contributed by atoms with Crippen molar-refractivity contribution < 1.29 is 9.15 Å². The molecule has 0 aliphatic carbocycles. The van der Waals surface area contributed by atoms with Crippen LogP contribution in [0, 0.1) is 0 Å². The van der Waals surface area contributed by atoms with Crippen molar-refractivity contribution >= 4 is 23.8 Å². The highest BCUT2D eigenvalue weighted by Gasteiger charge is 2.19. The van der Waals surface area contributed by atoms with Crippen molar-refractivity contribution in [3.05, 3.63) is 52.1 Å². The van der Waals surface area contributed by atoms with Crippen molar-refractivity contribution in [3.63, 3.8) is 0 Å². The van der Waals surface area contributed by atoms with Gasteiger partial charge in [-0.25, -0.2) is 0 Å². The van der Waals surface area contributed by atoms with Gasteiger partial charge in [-0.05, 0) is 30.5 Å². The summed E-state index contributed by atoms with van der Waals surface area (Å²) in [5.74, 6) is 0.845. The molecular formula is C16H19ClN2O3. The van der Waals surface area contributed by atoms with E-state index < -0.39 is 0 Å². The Morgan fingerprint density at radius 3 is 2.95 bits per heavy atom. The van der Waals surface area contributed by atoms with Crippen LogP contribution in [0.3, 0.4) is 0 Å². The fourth-order valence-corrected chi connectivity index (χ4v) is 2.75. The summed E-state index contributed by atoms with van der Waals surface area (Å²) >= 11 is 0. The third-order valence-electron chi connectivity index (χ3n) is 3.80. The quantitative estimate of drug-likeness (QED) is 0.880. The molecular weight excluding hydrogens is 304 g/mol. The van der Waals surface area contributed by atoms with Crippen molar-refractivity contribution in [2.75, 3.05) is 24.3 Å². The normalized spacial score (nSPS) is 13.2. The lowest BCUT2D eigenvalue weighted by Crippen LogP contribution is -2.29. The second-order valence-corrected chi connectivity index (χ2v) is 5.15. The molecule has 6 heteroatoms. The van der Waals surface area contributed by atoms with Crippen LogP contribution in [0.25, 0.3) is 0 Å². The van der Waals surface area contributed by atoms with Gasteiger partial charge < -0.3 is 19.8 Å². The van der Waals surface area contributed by atoms with Crippen LogP contribution in [0.15, 0.2) is 39.7 Å². The predicted octanol–water partition coefficient (Wildman–Crippen LogP) is 2.61. The first-order valence-electron chi connectivity index (χ1n) is 6.97. The van der Waals surface area contributed by atoms with Crippen molar-refractivity contribution in [2.24, 2.45) is 0 Å². The van der Waals surface area contributed by atoms with Gasteiger partial charge in [0.2, 0.25) is 11.2 Å². The topological polar surface area (TPSA) is 68.7 Å². The second-order valence-electron chi connectivity index (χ2n) is 5.15. The Bertz CT molecular complexity index is 715. The molecule has 0 spiro atoms. The number of hydrogen-bond donors (Lipinski definition) is 1. The van der Waals surface area contributed by atoms with Gasteiger partial charge in [-0.3, -0.25) is 4.79 Å². The van der Waals surface area contributed by atoms with Crippen molar-refractivity contribution in [1.82, 2.24) is 0 Å². The number of hydrogen-bond acceptors (Lipinski definition) is 5. The van der Waals surface area contributed by atoms with Crippen LogP contribution in [0.4, 0.5) is 11.4 Å². The highest BCUT2D eigenvalue weighted by molar-refractivity contribution is 5.85. The molecule has 2 aromatic rings. The molecule has 2 heterocycles. The van der Waals surface area contributed by atoms with Gasteiger partial charge in [-0.1, -0.05) is 6.07 Å². The zero-order chi connectivity index (χ0) is 14.8. The molecule has 118 valence electrons. The van der Waals surface area contributed by atoms with E-state index >= 15 is 0 Å². The minimum Gasteiger partial charge on any atom is -0.490 e. The first-order valence-corrected chi connectivity index (χ1v) is 6.97. The first kappa shape index (κ1) is 16.2. The van der Waals surface area contributed by atoms with Gasteiger partial charge in [-0.2, -0.15) is 0 Å². The first-order chi connectivity index (χ1) is 10.2. The van der Waals surface area contributed by atoms with Crippen molar-refractivity contribution in [2.45, 2.75) is 19.4 Å². The molecule has 1 aliphatic rings. The Hall–Kier alpha value is -2.14. The molecule has 1 aliphatic heterocycles. The molecule has 0 fully saturated rings. The fraction of sp³-hybridized carbons (Fsp3) is 0.312. The lowest BCUT2D eigenvalue weighted by molar-refractivity contribution is 0.377. The molecule has 0 atom stereocenters. The average Bonchev–Trinajstić information content (AvgIpc) is 2.49. The van der Waals surface area contributed by atoms with Crippen LogP contribution in [0.2, 0.25) is 0 Å². The van der Waals surface area contributed by atoms with Crippen molar-refractivity contribution in [1.29, 1.82) is 0 Å². The van der Waals surface area contributed by atoms with E-state index in [4.69, 9.17) is 14.9 Å². The van der Waals surface area contributed by atoms with Gasteiger partial charge in [0.25, 0.3) is 0 Å². The smallest absolute Gasteiger partial charge is 0.227 e. The van der Waals surface area contributed by atoms with E-state index in [0.29, 0.717) is 12.3 Å². The lowest BCUT2D eigenvalue weighted by atomic mass is 10.00. The number of methoxy groups -OCH3 is 1. The molecule has 0 saturated carbocycles. The summed E-state index contributed by atoms with van der Waals surface area (Å²) in [4.78, 5) is 14.0.